The number of benzene rings is 1. The summed E-state index contributed by atoms with van der Waals surface area (Å²) in [6.07, 6.45) is 4.35. The zero-order chi connectivity index (χ0) is 19.9. The van der Waals surface area contributed by atoms with Crippen molar-refractivity contribution in [1.29, 1.82) is 0 Å². The standard InChI is InChI=1S/C21H28N4O3/c1-3-12-22-21(27)19-24-18(17-6-4-5-14-25(17)19)20(26)23-13-11-15-7-9-16(28-2)10-8-15/h7-10H,3-6,11-14H2,1-2H3,(H,22,27)(H,23,26). The molecule has 150 valence electrons. The number of hydrogen-bond donors (Lipinski definition) is 2. The molecule has 1 aliphatic rings. The number of amides is 2. The Morgan fingerprint density at radius 2 is 1.86 bits per heavy atom. The maximum Gasteiger partial charge on any atom is 0.287 e. The molecule has 2 heterocycles. The topological polar surface area (TPSA) is 85.2 Å². The average molecular weight is 384 g/mol. The smallest absolute Gasteiger partial charge is 0.287 e. The molecule has 0 radical (unpaired) electrons. The molecule has 0 saturated carbocycles. The number of fused-ring (bicyclic) bond motifs is 1. The van der Waals surface area contributed by atoms with Gasteiger partial charge in [-0.25, -0.2) is 4.98 Å². The molecular formula is C21H28N4O3. The first-order valence-electron chi connectivity index (χ1n) is 9.92. The van der Waals surface area contributed by atoms with Crippen LogP contribution in [0.25, 0.3) is 0 Å². The molecule has 0 atom stereocenters. The number of nitrogens with zero attached hydrogens (tertiary/aromatic N) is 2. The fraction of sp³-hybridized carbons (Fsp3) is 0.476. The average Bonchev–Trinajstić information content (AvgIpc) is 3.12. The van der Waals surface area contributed by atoms with E-state index in [1.165, 1.54) is 0 Å². The fourth-order valence-corrected chi connectivity index (χ4v) is 3.41. The third-order valence-corrected chi connectivity index (χ3v) is 4.93. The van der Waals surface area contributed by atoms with Crippen molar-refractivity contribution in [1.82, 2.24) is 20.2 Å². The fourth-order valence-electron chi connectivity index (χ4n) is 3.41. The number of imidazole rings is 1. The third-order valence-electron chi connectivity index (χ3n) is 4.93. The molecular weight excluding hydrogens is 356 g/mol. The second kappa shape index (κ2) is 9.39. The van der Waals surface area contributed by atoms with Gasteiger partial charge < -0.3 is 19.9 Å². The van der Waals surface area contributed by atoms with Crippen LogP contribution in [0.3, 0.4) is 0 Å². The van der Waals surface area contributed by atoms with E-state index in [4.69, 9.17) is 4.74 Å². The molecule has 0 saturated heterocycles. The van der Waals surface area contributed by atoms with Crippen molar-refractivity contribution in [2.45, 2.75) is 45.6 Å². The van der Waals surface area contributed by atoms with E-state index in [-0.39, 0.29) is 11.8 Å². The van der Waals surface area contributed by atoms with E-state index in [0.717, 1.165) is 55.7 Å². The number of rotatable bonds is 8. The van der Waals surface area contributed by atoms with Crippen molar-refractivity contribution in [2.24, 2.45) is 0 Å². The molecule has 1 aromatic carbocycles. The van der Waals surface area contributed by atoms with E-state index in [2.05, 4.69) is 15.6 Å². The highest BCUT2D eigenvalue weighted by atomic mass is 16.5. The lowest BCUT2D eigenvalue weighted by Gasteiger charge is -2.17. The second-order valence-corrected chi connectivity index (χ2v) is 6.95. The molecule has 0 spiro atoms. The molecule has 28 heavy (non-hydrogen) atoms. The number of nitrogens with one attached hydrogen (secondary N) is 2. The molecule has 2 N–H and O–H groups in total. The van der Waals surface area contributed by atoms with E-state index < -0.39 is 0 Å². The lowest BCUT2D eigenvalue weighted by molar-refractivity contribution is 0.0937. The van der Waals surface area contributed by atoms with Crippen LogP contribution < -0.4 is 15.4 Å². The second-order valence-electron chi connectivity index (χ2n) is 6.95. The Morgan fingerprint density at radius 3 is 2.57 bits per heavy atom. The molecule has 7 nitrogen and oxygen atoms in total. The maximum atomic E-state index is 12.7. The van der Waals surface area contributed by atoms with E-state index >= 15 is 0 Å². The first-order chi connectivity index (χ1) is 13.6. The van der Waals surface area contributed by atoms with Crippen molar-refractivity contribution in [3.8, 4) is 5.75 Å². The number of carbonyl (C=O) groups is 2. The van der Waals surface area contributed by atoms with E-state index in [9.17, 15) is 9.59 Å². The highest BCUT2D eigenvalue weighted by Gasteiger charge is 2.27. The third kappa shape index (κ3) is 4.52. The quantitative estimate of drug-likeness (QED) is 0.732. The van der Waals surface area contributed by atoms with Crippen LogP contribution in [0.2, 0.25) is 0 Å². The zero-order valence-corrected chi connectivity index (χ0v) is 16.6. The SMILES string of the molecule is CCCNC(=O)c1nc(C(=O)NCCc2ccc(OC)cc2)c2n1CCCC2. The first kappa shape index (κ1) is 19.9. The van der Waals surface area contributed by atoms with Crippen molar-refractivity contribution < 1.29 is 14.3 Å². The molecule has 0 aliphatic carbocycles. The number of carbonyl (C=O) groups excluding carboxylic acids is 2. The van der Waals surface area contributed by atoms with Gasteiger partial charge in [0, 0.05) is 19.6 Å². The van der Waals surface area contributed by atoms with Crippen LogP contribution in [0.4, 0.5) is 0 Å². The van der Waals surface area contributed by atoms with Crippen LogP contribution in [0, 0.1) is 0 Å². The molecule has 1 aliphatic heterocycles. The van der Waals surface area contributed by atoms with Gasteiger partial charge in [-0.2, -0.15) is 0 Å². The number of methoxy groups -OCH3 is 1. The van der Waals surface area contributed by atoms with Gasteiger partial charge in [0.2, 0.25) is 0 Å². The van der Waals surface area contributed by atoms with E-state index in [1.807, 2.05) is 35.8 Å². The van der Waals surface area contributed by atoms with Gasteiger partial charge in [0.05, 0.1) is 12.8 Å². The minimum absolute atomic E-state index is 0.206. The molecule has 7 heteroatoms. The minimum atomic E-state index is -0.214. The largest absolute Gasteiger partial charge is 0.497 e. The Labute approximate surface area is 165 Å². The normalized spacial score (nSPS) is 12.9. The molecule has 2 amide bonds. The number of aromatic nitrogens is 2. The van der Waals surface area contributed by atoms with Crippen LogP contribution in [0.15, 0.2) is 24.3 Å². The van der Waals surface area contributed by atoms with Crippen LogP contribution in [-0.4, -0.2) is 41.6 Å². The van der Waals surface area contributed by atoms with Crippen LogP contribution in [0.1, 0.15) is 58.6 Å². The number of hydrogen-bond acceptors (Lipinski definition) is 4. The van der Waals surface area contributed by atoms with Crippen molar-refractivity contribution in [2.75, 3.05) is 20.2 Å². The van der Waals surface area contributed by atoms with Gasteiger partial charge in [-0.05, 0) is 49.8 Å². The molecule has 0 unspecified atom stereocenters. The summed E-state index contributed by atoms with van der Waals surface area (Å²) < 4.78 is 7.07. The summed E-state index contributed by atoms with van der Waals surface area (Å²) in [4.78, 5) is 29.6. The van der Waals surface area contributed by atoms with Crippen LogP contribution in [0.5, 0.6) is 5.75 Å². The van der Waals surface area contributed by atoms with Gasteiger partial charge >= 0.3 is 0 Å². The summed E-state index contributed by atoms with van der Waals surface area (Å²) in [6, 6.07) is 7.79. The van der Waals surface area contributed by atoms with Gasteiger partial charge in [0.25, 0.3) is 11.8 Å². The van der Waals surface area contributed by atoms with Crippen molar-refractivity contribution in [3.63, 3.8) is 0 Å². The molecule has 2 aromatic rings. The Balaban J connectivity index is 1.66. The predicted octanol–water partition coefficient (Wildman–Crippen LogP) is 2.34. The summed E-state index contributed by atoms with van der Waals surface area (Å²) in [5.74, 6) is 0.741. The van der Waals surface area contributed by atoms with Crippen LogP contribution >= 0.6 is 0 Å². The summed E-state index contributed by atoms with van der Waals surface area (Å²) in [5, 5.41) is 5.80. The highest BCUT2D eigenvalue weighted by Crippen LogP contribution is 2.21. The zero-order valence-electron chi connectivity index (χ0n) is 16.6. The minimum Gasteiger partial charge on any atom is -0.497 e. The molecule has 3 rings (SSSR count). The van der Waals surface area contributed by atoms with Gasteiger partial charge in [0.1, 0.15) is 11.4 Å². The Bertz CT molecular complexity index is 827. The Kier molecular flexibility index (Phi) is 6.68. The molecule has 0 bridgehead atoms. The van der Waals surface area contributed by atoms with E-state index in [1.54, 1.807) is 7.11 Å². The van der Waals surface area contributed by atoms with Gasteiger partial charge in [-0.3, -0.25) is 9.59 Å². The highest BCUT2D eigenvalue weighted by molar-refractivity contribution is 5.97. The maximum absolute atomic E-state index is 12.7. The monoisotopic (exact) mass is 384 g/mol. The van der Waals surface area contributed by atoms with E-state index in [0.29, 0.717) is 24.6 Å². The van der Waals surface area contributed by atoms with Gasteiger partial charge in [-0.15, -0.1) is 0 Å². The molecule has 1 aromatic heterocycles. The predicted molar refractivity (Wildman–Crippen MR) is 107 cm³/mol. The van der Waals surface area contributed by atoms with Crippen molar-refractivity contribution >= 4 is 11.8 Å². The van der Waals surface area contributed by atoms with Crippen LogP contribution in [-0.2, 0) is 19.4 Å². The Hall–Kier alpha value is -2.83. The summed E-state index contributed by atoms with van der Waals surface area (Å²) in [5.41, 5.74) is 2.37. The van der Waals surface area contributed by atoms with Crippen molar-refractivity contribution in [3.05, 3.63) is 47.0 Å². The lowest BCUT2D eigenvalue weighted by atomic mass is 10.1. The number of ether oxygens (including phenoxy) is 1. The summed E-state index contributed by atoms with van der Waals surface area (Å²) >= 11 is 0. The van der Waals surface area contributed by atoms with Gasteiger partial charge in [0.15, 0.2) is 5.82 Å². The summed E-state index contributed by atoms with van der Waals surface area (Å²) in [6.45, 7) is 3.85. The first-order valence-corrected chi connectivity index (χ1v) is 9.92. The molecule has 0 fully saturated rings. The lowest BCUT2D eigenvalue weighted by Crippen LogP contribution is -2.28. The summed E-state index contributed by atoms with van der Waals surface area (Å²) in [7, 11) is 1.64. The Morgan fingerprint density at radius 1 is 1.11 bits per heavy atom. The van der Waals surface area contributed by atoms with Gasteiger partial charge in [-0.1, -0.05) is 19.1 Å².